The molecule has 3 rings (SSSR count). The summed E-state index contributed by atoms with van der Waals surface area (Å²) in [5.74, 6) is 1.29. The highest BCUT2D eigenvalue weighted by molar-refractivity contribution is 9.10. The largest absolute Gasteiger partial charge is 0.485 e. The Labute approximate surface area is 133 Å². The second-order valence-electron chi connectivity index (χ2n) is 5.86. The smallest absolute Gasteiger partial charge is 0.127 e. The third kappa shape index (κ3) is 2.99. The number of rotatable bonds is 2. The van der Waals surface area contributed by atoms with Crippen molar-refractivity contribution in [3.63, 3.8) is 0 Å². The van der Waals surface area contributed by atoms with E-state index in [1.54, 1.807) is 0 Å². The van der Waals surface area contributed by atoms with Gasteiger partial charge in [-0.3, -0.25) is 0 Å². The molecular weight excluding hydrogens is 328 g/mol. The molecule has 0 aromatic heterocycles. The SMILES string of the molecule is CC(C)c1ccc(C2C[C@@H](O)c3ccc(Br)cc3O2)cc1. The van der Waals surface area contributed by atoms with Gasteiger partial charge in [0.05, 0.1) is 6.10 Å². The first-order valence-electron chi connectivity index (χ1n) is 7.28. The highest BCUT2D eigenvalue weighted by Crippen LogP contribution is 2.41. The van der Waals surface area contributed by atoms with Crippen LogP contribution in [-0.4, -0.2) is 5.11 Å². The van der Waals surface area contributed by atoms with Crippen LogP contribution >= 0.6 is 15.9 Å². The Bertz CT molecular complexity index is 634. The zero-order valence-corrected chi connectivity index (χ0v) is 13.8. The monoisotopic (exact) mass is 346 g/mol. The normalized spacial score (nSPS) is 21.0. The fourth-order valence-electron chi connectivity index (χ4n) is 2.72. The number of fused-ring (bicyclic) bond motifs is 1. The first-order valence-corrected chi connectivity index (χ1v) is 8.08. The van der Waals surface area contributed by atoms with E-state index in [9.17, 15) is 5.11 Å². The summed E-state index contributed by atoms with van der Waals surface area (Å²) in [6.07, 6.45) is 0.0231. The van der Waals surface area contributed by atoms with Gasteiger partial charge in [0.25, 0.3) is 0 Å². The van der Waals surface area contributed by atoms with E-state index in [1.165, 1.54) is 5.56 Å². The molecule has 3 heteroatoms. The lowest BCUT2D eigenvalue weighted by atomic mass is 9.93. The van der Waals surface area contributed by atoms with E-state index in [0.717, 1.165) is 21.3 Å². The standard InChI is InChI=1S/C18H19BrO2/c1-11(2)12-3-5-13(6-4-12)17-10-16(20)15-8-7-14(19)9-18(15)21-17/h3-9,11,16-17,20H,10H2,1-2H3/t16-,17?/m1/s1. The summed E-state index contributed by atoms with van der Waals surface area (Å²) in [5, 5.41) is 10.3. The Balaban J connectivity index is 1.88. The van der Waals surface area contributed by atoms with E-state index >= 15 is 0 Å². The molecule has 0 saturated carbocycles. The maximum Gasteiger partial charge on any atom is 0.127 e. The maximum atomic E-state index is 10.3. The van der Waals surface area contributed by atoms with Gasteiger partial charge in [0.2, 0.25) is 0 Å². The summed E-state index contributed by atoms with van der Waals surface area (Å²) in [7, 11) is 0. The summed E-state index contributed by atoms with van der Waals surface area (Å²) in [6.45, 7) is 4.37. The van der Waals surface area contributed by atoms with Crippen molar-refractivity contribution >= 4 is 15.9 Å². The lowest BCUT2D eigenvalue weighted by Crippen LogP contribution is -2.19. The first-order chi connectivity index (χ1) is 10.0. The average Bonchev–Trinajstić information content (AvgIpc) is 2.46. The Morgan fingerprint density at radius 1 is 1.14 bits per heavy atom. The van der Waals surface area contributed by atoms with Crippen molar-refractivity contribution in [2.24, 2.45) is 0 Å². The van der Waals surface area contributed by atoms with Crippen LogP contribution in [0.15, 0.2) is 46.9 Å². The third-order valence-corrected chi connectivity index (χ3v) is 4.51. The van der Waals surface area contributed by atoms with E-state index in [1.807, 2.05) is 18.2 Å². The van der Waals surface area contributed by atoms with Crippen molar-refractivity contribution in [1.29, 1.82) is 0 Å². The predicted molar refractivity (Wildman–Crippen MR) is 87.6 cm³/mol. The minimum absolute atomic E-state index is 0.0944. The van der Waals surface area contributed by atoms with Gasteiger partial charge in [0.1, 0.15) is 11.9 Å². The van der Waals surface area contributed by atoms with Gasteiger partial charge in [-0.25, -0.2) is 0 Å². The van der Waals surface area contributed by atoms with E-state index in [0.29, 0.717) is 12.3 Å². The van der Waals surface area contributed by atoms with Gasteiger partial charge in [-0.05, 0) is 29.2 Å². The number of hydrogen-bond donors (Lipinski definition) is 1. The zero-order chi connectivity index (χ0) is 15.0. The van der Waals surface area contributed by atoms with Crippen LogP contribution < -0.4 is 4.74 Å². The zero-order valence-electron chi connectivity index (χ0n) is 12.2. The minimum atomic E-state index is -0.475. The van der Waals surface area contributed by atoms with Crippen LogP contribution in [0.2, 0.25) is 0 Å². The molecule has 110 valence electrons. The molecule has 1 aliphatic rings. The van der Waals surface area contributed by atoms with Crippen LogP contribution in [0, 0.1) is 0 Å². The summed E-state index contributed by atoms with van der Waals surface area (Å²) in [6, 6.07) is 14.3. The number of halogens is 1. The van der Waals surface area contributed by atoms with E-state index < -0.39 is 6.10 Å². The highest BCUT2D eigenvalue weighted by atomic mass is 79.9. The number of aliphatic hydroxyl groups excluding tert-OH is 1. The molecule has 1 heterocycles. The Hall–Kier alpha value is -1.32. The second-order valence-corrected chi connectivity index (χ2v) is 6.78. The molecule has 0 spiro atoms. The predicted octanol–water partition coefficient (Wildman–Crippen LogP) is 5.13. The fraction of sp³-hybridized carbons (Fsp3) is 0.333. The maximum absolute atomic E-state index is 10.3. The summed E-state index contributed by atoms with van der Waals surface area (Å²) < 4.78 is 7.04. The molecule has 0 saturated heterocycles. The van der Waals surface area contributed by atoms with Crippen LogP contribution in [0.1, 0.15) is 55.1 Å². The molecule has 0 bridgehead atoms. The quantitative estimate of drug-likeness (QED) is 0.816. The van der Waals surface area contributed by atoms with Crippen molar-refractivity contribution in [3.8, 4) is 5.75 Å². The average molecular weight is 347 g/mol. The van der Waals surface area contributed by atoms with Gasteiger partial charge >= 0.3 is 0 Å². The molecule has 2 atom stereocenters. The molecule has 1 N–H and O–H groups in total. The van der Waals surface area contributed by atoms with Crippen LogP contribution in [0.5, 0.6) is 5.75 Å². The minimum Gasteiger partial charge on any atom is -0.485 e. The van der Waals surface area contributed by atoms with E-state index in [-0.39, 0.29) is 6.10 Å². The number of aliphatic hydroxyl groups is 1. The third-order valence-electron chi connectivity index (χ3n) is 4.02. The topological polar surface area (TPSA) is 29.5 Å². The molecule has 2 aromatic rings. The summed E-state index contributed by atoms with van der Waals surface area (Å²) in [5.41, 5.74) is 3.30. The van der Waals surface area contributed by atoms with Crippen LogP contribution in [0.3, 0.4) is 0 Å². The summed E-state index contributed by atoms with van der Waals surface area (Å²) in [4.78, 5) is 0. The molecule has 1 unspecified atom stereocenters. The Morgan fingerprint density at radius 2 is 1.86 bits per heavy atom. The van der Waals surface area contributed by atoms with Gasteiger partial charge < -0.3 is 9.84 Å². The van der Waals surface area contributed by atoms with Crippen LogP contribution in [0.25, 0.3) is 0 Å². The summed E-state index contributed by atoms with van der Waals surface area (Å²) >= 11 is 3.45. The first kappa shape index (κ1) is 14.6. The molecule has 0 aliphatic carbocycles. The van der Waals surface area contributed by atoms with Gasteiger partial charge in [0.15, 0.2) is 0 Å². The number of hydrogen-bond acceptors (Lipinski definition) is 2. The van der Waals surface area contributed by atoms with Crippen LogP contribution in [-0.2, 0) is 0 Å². The van der Waals surface area contributed by atoms with E-state index in [2.05, 4.69) is 54.0 Å². The Morgan fingerprint density at radius 3 is 2.52 bits per heavy atom. The number of benzene rings is 2. The fourth-order valence-corrected chi connectivity index (χ4v) is 3.06. The molecule has 0 fully saturated rings. The van der Waals surface area contributed by atoms with Crippen LogP contribution in [0.4, 0.5) is 0 Å². The van der Waals surface area contributed by atoms with E-state index in [4.69, 9.17) is 4.74 Å². The van der Waals surface area contributed by atoms with Gasteiger partial charge in [0, 0.05) is 16.5 Å². The second kappa shape index (κ2) is 5.82. The van der Waals surface area contributed by atoms with Gasteiger partial charge in [-0.15, -0.1) is 0 Å². The van der Waals surface area contributed by atoms with Gasteiger partial charge in [-0.2, -0.15) is 0 Å². The van der Waals surface area contributed by atoms with Crippen molar-refractivity contribution in [1.82, 2.24) is 0 Å². The lowest BCUT2D eigenvalue weighted by Gasteiger charge is -2.30. The lowest BCUT2D eigenvalue weighted by molar-refractivity contribution is 0.0657. The highest BCUT2D eigenvalue weighted by Gasteiger charge is 2.28. The van der Waals surface area contributed by atoms with Gasteiger partial charge in [-0.1, -0.05) is 60.1 Å². The number of ether oxygens (including phenoxy) is 1. The molecular formula is C18H19BrO2. The van der Waals surface area contributed by atoms with Crippen molar-refractivity contribution in [3.05, 3.63) is 63.6 Å². The van der Waals surface area contributed by atoms with Crippen molar-refractivity contribution in [2.75, 3.05) is 0 Å². The molecule has 21 heavy (non-hydrogen) atoms. The Kier molecular flexibility index (Phi) is 4.05. The molecule has 0 amide bonds. The molecule has 1 aliphatic heterocycles. The molecule has 2 aromatic carbocycles. The van der Waals surface area contributed by atoms with Crippen molar-refractivity contribution in [2.45, 2.75) is 38.4 Å². The molecule has 2 nitrogen and oxygen atoms in total. The van der Waals surface area contributed by atoms with Crippen molar-refractivity contribution < 1.29 is 9.84 Å². The molecule has 0 radical (unpaired) electrons.